The van der Waals surface area contributed by atoms with Crippen molar-refractivity contribution in [3.63, 3.8) is 0 Å². The summed E-state index contributed by atoms with van der Waals surface area (Å²) in [6.07, 6.45) is 1.68. The van der Waals surface area contributed by atoms with Gasteiger partial charge in [-0.25, -0.2) is 0 Å². The van der Waals surface area contributed by atoms with Crippen molar-refractivity contribution in [2.45, 2.75) is 6.92 Å². The standard InChI is InChI=1S/C21H18N4O2/c1-13-3-7-15(8-4-13)25-20(24)17(19(23)18(12-22)21(25)26)11-14-5-9-16(27-2)10-6-14/h3-11,24H,23H2,1-2H3. The summed E-state index contributed by atoms with van der Waals surface area (Å²) < 4.78 is 5.14. The molecule has 134 valence electrons. The lowest BCUT2D eigenvalue weighted by molar-refractivity contribution is -0.114. The molecule has 6 heteroatoms. The predicted octanol–water partition coefficient (Wildman–Crippen LogP) is 3.15. The van der Waals surface area contributed by atoms with Crippen molar-refractivity contribution in [3.8, 4) is 11.8 Å². The van der Waals surface area contributed by atoms with Crippen LogP contribution >= 0.6 is 0 Å². The topological polar surface area (TPSA) is 103 Å². The van der Waals surface area contributed by atoms with Gasteiger partial charge in [0.15, 0.2) is 0 Å². The zero-order chi connectivity index (χ0) is 19.6. The average Bonchev–Trinajstić information content (AvgIpc) is 2.67. The van der Waals surface area contributed by atoms with E-state index < -0.39 is 5.91 Å². The molecule has 0 unspecified atom stereocenters. The maximum absolute atomic E-state index is 12.7. The number of rotatable bonds is 3. The molecule has 0 saturated carbocycles. The van der Waals surface area contributed by atoms with Gasteiger partial charge in [-0.3, -0.25) is 15.1 Å². The molecule has 1 aliphatic rings. The Labute approximate surface area is 157 Å². The quantitative estimate of drug-likeness (QED) is 0.879. The van der Waals surface area contributed by atoms with Gasteiger partial charge in [0.2, 0.25) is 0 Å². The smallest absolute Gasteiger partial charge is 0.276 e. The van der Waals surface area contributed by atoms with Crippen LogP contribution in [-0.2, 0) is 4.79 Å². The van der Waals surface area contributed by atoms with Gasteiger partial charge in [-0.05, 0) is 42.8 Å². The Balaban J connectivity index is 2.11. The molecule has 2 aromatic rings. The number of amidine groups is 1. The first-order valence-corrected chi connectivity index (χ1v) is 8.22. The van der Waals surface area contributed by atoms with Gasteiger partial charge in [0.25, 0.3) is 5.91 Å². The van der Waals surface area contributed by atoms with Crippen LogP contribution in [0.3, 0.4) is 0 Å². The Morgan fingerprint density at radius 1 is 1.15 bits per heavy atom. The lowest BCUT2D eigenvalue weighted by Crippen LogP contribution is -2.44. The summed E-state index contributed by atoms with van der Waals surface area (Å²) in [5.74, 6) is 0.0282. The second-order valence-corrected chi connectivity index (χ2v) is 6.06. The van der Waals surface area contributed by atoms with E-state index in [0.29, 0.717) is 17.0 Å². The van der Waals surface area contributed by atoms with Gasteiger partial charge in [-0.15, -0.1) is 0 Å². The number of benzene rings is 2. The summed E-state index contributed by atoms with van der Waals surface area (Å²) in [5, 5.41) is 18.0. The number of hydrogen-bond donors (Lipinski definition) is 2. The highest BCUT2D eigenvalue weighted by Gasteiger charge is 2.34. The minimum absolute atomic E-state index is 0.00618. The fourth-order valence-corrected chi connectivity index (χ4v) is 2.77. The van der Waals surface area contributed by atoms with Gasteiger partial charge in [0.05, 0.1) is 18.5 Å². The van der Waals surface area contributed by atoms with E-state index in [1.807, 2.05) is 37.3 Å². The SMILES string of the molecule is COc1ccc(C=C2C(=N)N(c3ccc(C)cc3)C(=O)C(C#N)=C2N)cc1. The Hall–Kier alpha value is -3.85. The zero-order valence-electron chi connectivity index (χ0n) is 15.0. The van der Waals surface area contributed by atoms with E-state index in [0.717, 1.165) is 11.1 Å². The molecule has 1 amide bonds. The van der Waals surface area contributed by atoms with Crippen LogP contribution < -0.4 is 15.4 Å². The molecule has 0 fully saturated rings. The van der Waals surface area contributed by atoms with E-state index in [1.165, 1.54) is 4.90 Å². The molecular formula is C21H18N4O2. The zero-order valence-corrected chi connectivity index (χ0v) is 15.0. The maximum atomic E-state index is 12.7. The third kappa shape index (κ3) is 3.31. The van der Waals surface area contributed by atoms with Crippen molar-refractivity contribution in [2.24, 2.45) is 5.73 Å². The fraction of sp³-hybridized carbons (Fsp3) is 0.0952. The lowest BCUT2D eigenvalue weighted by Gasteiger charge is -2.29. The summed E-state index contributed by atoms with van der Waals surface area (Å²) in [6, 6.07) is 16.2. The maximum Gasteiger partial charge on any atom is 0.276 e. The van der Waals surface area contributed by atoms with Crippen LogP contribution in [0, 0.1) is 23.7 Å². The number of nitrogens with two attached hydrogens (primary N) is 1. The number of nitriles is 1. The number of ether oxygens (including phenoxy) is 1. The van der Waals surface area contributed by atoms with Crippen LogP contribution in [0.4, 0.5) is 5.69 Å². The molecule has 0 radical (unpaired) electrons. The number of nitrogens with zero attached hydrogens (tertiary/aromatic N) is 2. The van der Waals surface area contributed by atoms with Gasteiger partial charge in [-0.2, -0.15) is 5.26 Å². The predicted molar refractivity (Wildman–Crippen MR) is 104 cm³/mol. The number of amides is 1. The van der Waals surface area contributed by atoms with E-state index in [9.17, 15) is 10.1 Å². The average molecular weight is 358 g/mol. The van der Waals surface area contributed by atoms with Crippen LogP contribution in [0.15, 0.2) is 65.4 Å². The molecule has 27 heavy (non-hydrogen) atoms. The Morgan fingerprint density at radius 2 is 1.78 bits per heavy atom. The normalized spacial score (nSPS) is 15.9. The first-order chi connectivity index (χ1) is 13.0. The van der Waals surface area contributed by atoms with Crippen LogP contribution in [0.1, 0.15) is 11.1 Å². The van der Waals surface area contributed by atoms with Crippen LogP contribution in [0.5, 0.6) is 5.75 Å². The molecule has 0 atom stereocenters. The number of hydrogen-bond acceptors (Lipinski definition) is 5. The van der Waals surface area contributed by atoms with Gasteiger partial charge in [-0.1, -0.05) is 29.8 Å². The van der Waals surface area contributed by atoms with E-state index in [2.05, 4.69) is 0 Å². The number of carbonyl (C=O) groups is 1. The summed E-state index contributed by atoms with van der Waals surface area (Å²) in [5.41, 5.74) is 8.52. The first-order valence-electron chi connectivity index (χ1n) is 8.22. The molecule has 0 saturated heterocycles. The monoisotopic (exact) mass is 358 g/mol. The van der Waals surface area contributed by atoms with Gasteiger partial charge in [0.1, 0.15) is 23.2 Å². The van der Waals surface area contributed by atoms with Crippen molar-refractivity contribution in [1.82, 2.24) is 0 Å². The molecule has 3 rings (SSSR count). The van der Waals surface area contributed by atoms with E-state index in [1.54, 1.807) is 37.5 Å². The minimum atomic E-state index is -0.601. The molecule has 1 heterocycles. The lowest BCUT2D eigenvalue weighted by atomic mass is 9.97. The molecule has 0 bridgehead atoms. The molecule has 1 aliphatic heterocycles. The highest BCUT2D eigenvalue weighted by Crippen LogP contribution is 2.29. The number of aryl methyl sites for hydroxylation is 1. The van der Waals surface area contributed by atoms with E-state index in [-0.39, 0.29) is 17.1 Å². The second kappa shape index (κ2) is 7.18. The minimum Gasteiger partial charge on any atom is -0.497 e. The van der Waals surface area contributed by atoms with Crippen LogP contribution in [0.2, 0.25) is 0 Å². The third-order valence-electron chi connectivity index (χ3n) is 4.29. The molecule has 3 N–H and O–H groups in total. The molecule has 0 aliphatic carbocycles. The summed E-state index contributed by atoms with van der Waals surface area (Å²) >= 11 is 0. The number of carbonyl (C=O) groups excluding carboxylic acids is 1. The second-order valence-electron chi connectivity index (χ2n) is 6.06. The van der Waals surface area contributed by atoms with Gasteiger partial charge in [0, 0.05) is 5.57 Å². The first kappa shape index (κ1) is 18.0. The number of anilines is 1. The van der Waals surface area contributed by atoms with Crippen molar-refractivity contribution in [1.29, 1.82) is 10.7 Å². The summed E-state index contributed by atoms with van der Waals surface area (Å²) in [7, 11) is 1.58. The fourth-order valence-electron chi connectivity index (χ4n) is 2.77. The molecular weight excluding hydrogens is 340 g/mol. The van der Waals surface area contributed by atoms with Crippen molar-refractivity contribution >= 4 is 23.5 Å². The molecule has 0 spiro atoms. The van der Waals surface area contributed by atoms with Gasteiger partial charge < -0.3 is 10.5 Å². The molecule has 2 aromatic carbocycles. The van der Waals surface area contributed by atoms with Crippen LogP contribution in [0.25, 0.3) is 6.08 Å². The van der Waals surface area contributed by atoms with Crippen LogP contribution in [-0.4, -0.2) is 18.9 Å². The molecule has 0 aromatic heterocycles. The Bertz CT molecular complexity index is 1010. The Morgan fingerprint density at radius 3 is 2.33 bits per heavy atom. The summed E-state index contributed by atoms with van der Waals surface area (Å²) in [4.78, 5) is 13.9. The van der Waals surface area contributed by atoms with E-state index >= 15 is 0 Å². The highest BCUT2D eigenvalue weighted by molar-refractivity contribution is 6.33. The molecule has 6 nitrogen and oxygen atoms in total. The van der Waals surface area contributed by atoms with Crippen molar-refractivity contribution in [3.05, 3.63) is 76.5 Å². The number of methoxy groups -OCH3 is 1. The Kier molecular flexibility index (Phi) is 4.77. The van der Waals surface area contributed by atoms with Gasteiger partial charge >= 0.3 is 0 Å². The van der Waals surface area contributed by atoms with Crippen molar-refractivity contribution < 1.29 is 9.53 Å². The van der Waals surface area contributed by atoms with Crippen molar-refractivity contribution in [2.75, 3.05) is 12.0 Å². The number of nitrogens with one attached hydrogen (secondary N) is 1. The third-order valence-corrected chi connectivity index (χ3v) is 4.29. The summed E-state index contributed by atoms with van der Waals surface area (Å²) in [6.45, 7) is 1.93. The highest BCUT2D eigenvalue weighted by atomic mass is 16.5. The van der Waals surface area contributed by atoms with E-state index in [4.69, 9.17) is 15.9 Å². The largest absolute Gasteiger partial charge is 0.497 e.